The van der Waals surface area contributed by atoms with Crippen LogP contribution in [0.5, 0.6) is 0 Å². The fraction of sp³-hybridized carbons (Fsp3) is 0.833. The first kappa shape index (κ1) is 51.6. The quantitative estimate of drug-likeness (QED) is 0.0319. The standard InChI is InChI=1S/C18H10F24O7S.Na/c19-7(20)10(25,26)2-4(46-47-18(41,42)16(37,38)13(31,32)9(23)24)1-5(50-49-48-44)6(43)45-3-11(27,28)14(33,34)17(39,40)15(35,36)12(29,30)8(21)22;/h1,5,7-9,44H,2-3H2;/q;+1/p-1/b4-1-;. The molecule has 33 heteroatoms. The maximum atomic E-state index is 13.9. The zero-order valence-electron chi connectivity index (χ0n) is 23.1. The van der Waals surface area contributed by atoms with Gasteiger partial charge in [-0.25, -0.2) is 26.3 Å². The van der Waals surface area contributed by atoms with Crippen molar-refractivity contribution in [3.63, 3.8) is 0 Å². The van der Waals surface area contributed by atoms with Gasteiger partial charge in [-0.05, 0) is 6.08 Å². The number of ether oxygens (including phenoxy) is 1. The summed E-state index contributed by atoms with van der Waals surface area (Å²) in [4.78, 5) is 17.3. The summed E-state index contributed by atoms with van der Waals surface area (Å²) in [6.45, 7) is -3.80. The van der Waals surface area contributed by atoms with Crippen LogP contribution in [-0.2, 0) is 28.7 Å². The van der Waals surface area contributed by atoms with E-state index in [2.05, 4.69) is 23.9 Å². The van der Waals surface area contributed by atoms with Crippen molar-refractivity contribution >= 4 is 18.0 Å². The summed E-state index contributed by atoms with van der Waals surface area (Å²) in [5.74, 6) is -64.8. The summed E-state index contributed by atoms with van der Waals surface area (Å²) in [5, 5.41) is 8.98. The predicted molar refractivity (Wildman–Crippen MR) is 102 cm³/mol. The van der Waals surface area contributed by atoms with Crippen LogP contribution in [0, 0.1) is 0 Å². The number of rotatable bonds is 21. The molecule has 0 saturated heterocycles. The zero-order chi connectivity index (χ0) is 40.3. The van der Waals surface area contributed by atoms with Gasteiger partial charge in [-0.2, -0.15) is 83.4 Å². The first-order valence-corrected chi connectivity index (χ1v) is 11.9. The second-order valence-corrected chi connectivity index (χ2v) is 9.50. The van der Waals surface area contributed by atoms with E-state index in [0.717, 1.165) is 0 Å². The largest absolute Gasteiger partial charge is 1.00 e. The van der Waals surface area contributed by atoms with Crippen LogP contribution in [-0.4, -0.2) is 90.6 Å². The van der Waals surface area contributed by atoms with Gasteiger partial charge in [-0.1, -0.05) is 0 Å². The molecular formula is C18H9F24NaO7S. The number of allylic oxidation sites excluding steroid dienone is 1. The average Bonchev–Trinajstić information content (AvgIpc) is 2.95. The van der Waals surface area contributed by atoms with Gasteiger partial charge in [0, 0.05) is 0 Å². The summed E-state index contributed by atoms with van der Waals surface area (Å²) < 4.78 is 322. The van der Waals surface area contributed by atoms with Crippen LogP contribution in [0.25, 0.3) is 0 Å². The van der Waals surface area contributed by atoms with E-state index in [9.17, 15) is 115 Å². The van der Waals surface area contributed by atoms with E-state index in [1.165, 1.54) is 0 Å². The Morgan fingerprint density at radius 2 is 1.08 bits per heavy atom. The van der Waals surface area contributed by atoms with E-state index >= 15 is 0 Å². The number of esters is 1. The summed E-state index contributed by atoms with van der Waals surface area (Å²) >= 11 is -1.28. The Balaban J connectivity index is 0. The molecule has 0 fully saturated rings. The fourth-order valence-corrected chi connectivity index (χ4v) is 2.86. The molecule has 0 bridgehead atoms. The summed E-state index contributed by atoms with van der Waals surface area (Å²) in [5.41, 5.74) is 0. The van der Waals surface area contributed by atoms with Crippen molar-refractivity contribution < 1.29 is 169 Å². The van der Waals surface area contributed by atoms with E-state index in [4.69, 9.17) is 0 Å². The first-order chi connectivity index (χ1) is 22.0. The SMILES string of the molecule is O=C(OCC(F)(F)C(F)(F)C(F)(F)C(F)(F)C(F)(F)C(F)F)C(/C=C(/CC(F)(F)C(F)F)OOC(F)(F)C(F)(F)C(F)(F)C(F)F)SOO[O-].[Na+]. The Hall–Kier alpha value is -1.48. The summed E-state index contributed by atoms with van der Waals surface area (Å²) in [7, 11) is 0. The van der Waals surface area contributed by atoms with Gasteiger partial charge in [-0.15, -0.1) is 4.89 Å². The van der Waals surface area contributed by atoms with Crippen molar-refractivity contribution in [3.8, 4) is 0 Å². The Bertz CT molecular complexity index is 1170. The minimum atomic E-state index is -8.20. The number of hydrogen-bond donors (Lipinski definition) is 0. The third kappa shape index (κ3) is 10.6. The van der Waals surface area contributed by atoms with Crippen molar-refractivity contribution in [2.75, 3.05) is 6.61 Å². The number of halogens is 24. The number of carbonyl (C=O) groups is 1. The molecule has 0 radical (unpaired) electrons. The van der Waals surface area contributed by atoms with E-state index in [1.807, 2.05) is 0 Å². The molecule has 0 aromatic rings. The van der Waals surface area contributed by atoms with Crippen LogP contribution in [0.2, 0.25) is 0 Å². The van der Waals surface area contributed by atoms with E-state index < -0.39 is 121 Å². The second-order valence-electron chi connectivity index (χ2n) is 8.66. The fourth-order valence-electron chi connectivity index (χ4n) is 2.38. The molecule has 0 aliphatic carbocycles. The van der Waals surface area contributed by atoms with Gasteiger partial charge in [0.2, 0.25) is 0 Å². The Morgan fingerprint density at radius 3 is 1.47 bits per heavy atom. The van der Waals surface area contributed by atoms with Crippen LogP contribution < -0.4 is 34.8 Å². The van der Waals surface area contributed by atoms with Gasteiger partial charge in [-0.3, -0.25) is 9.83 Å². The Labute approximate surface area is 289 Å². The molecule has 0 aromatic heterocycles. The molecule has 7 nitrogen and oxygen atoms in total. The predicted octanol–water partition coefficient (Wildman–Crippen LogP) is 4.47. The van der Waals surface area contributed by atoms with Gasteiger partial charge in [0.25, 0.3) is 0 Å². The molecule has 0 rings (SSSR count). The van der Waals surface area contributed by atoms with Crippen LogP contribution in [0.4, 0.5) is 105 Å². The van der Waals surface area contributed by atoms with Crippen LogP contribution in [0.3, 0.4) is 0 Å². The molecule has 0 aliphatic heterocycles. The summed E-state index contributed by atoms with van der Waals surface area (Å²) in [6, 6.07) is 0. The van der Waals surface area contributed by atoms with Gasteiger partial charge in [0.1, 0.15) is 5.76 Å². The molecule has 0 heterocycles. The Morgan fingerprint density at radius 1 is 0.647 bits per heavy atom. The van der Waals surface area contributed by atoms with E-state index in [-0.39, 0.29) is 29.6 Å². The normalized spacial score (nSPS) is 15.7. The molecule has 0 spiro atoms. The molecular weight excluding hydrogens is 839 g/mol. The van der Waals surface area contributed by atoms with Crippen LogP contribution >= 0.6 is 12.0 Å². The molecule has 1 unspecified atom stereocenters. The first-order valence-electron chi connectivity index (χ1n) is 11.1. The van der Waals surface area contributed by atoms with E-state index in [1.54, 1.807) is 0 Å². The smallest absolute Gasteiger partial charge is 0.691 e. The van der Waals surface area contributed by atoms with Gasteiger partial charge in [0.15, 0.2) is 11.9 Å². The second kappa shape index (κ2) is 17.3. The molecule has 0 saturated carbocycles. The third-order valence-corrected chi connectivity index (χ3v) is 5.79. The molecule has 0 aliphatic rings. The number of carbonyl (C=O) groups excluding carboxylic acids is 1. The van der Waals surface area contributed by atoms with Gasteiger partial charge < -0.3 is 14.9 Å². The van der Waals surface area contributed by atoms with Crippen molar-refractivity contribution in [1.29, 1.82) is 0 Å². The van der Waals surface area contributed by atoms with Gasteiger partial charge >= 0.3 is 108 Å². The molecule has 298 valence electrons. The number of alkyl halides is 24. The topological polar surface area (TPSA) is 86.3 Å². The number of hydrogen-bond acceptors (Lipinski definition) is 8. The van der Waals surface area contributed by atoms with Crippen molar-refractivity contribution in [3.05, 3.63) is 11.8 Å². The molecule has 0 amide bonds. The third-order valence-electron chi connectivity index (χ3n) is 5.12. The Kier molecular flexibility index (Phi) is 17.5. The van der Waals surface area contributed by atoms with Crippen molar-refractivity contribution in [2.24, 2.45) is 0 Å². The molecule has 1 atom stereocenters. The molecule has 0 N–H and O–H groups in total. The summed E-state index contributed by atoms with van der Waals surface area (Å²) in [6.07, 6.45) is -27.8. The minimum Gasteiger partial charge on any atom is -0.691 e. The minimum absolute atomic E-state index is 0. The molecule has 51 heavy (non-hydrogen) atoms. The monoisotopic (exact) mass is 848 g/mol. The average molecular weight is 848 g/mol. The van der Waals surface area contributed by atoms with Crippen LogP contribution in [0.15, 0.2) is 11.8 Å². The van der Waals surface area contributed by atoms with Crippen molar-refractivity contribution in [2.45, 2.75) is 84.4 Å². The zero-order valence-corrected chi connectivity index (χ0v) is 26.0. The van der Waals surface area contributed by atoms with Gasteiger partial charge in [0.05, 0.1) is 18.5 Å². The molecule has 0 aromatic carbocycles. The van der Waals surface area contributed by atoms with Crippen molar-refractivity contribution in [1.82, 2.24) is 0 Å². The maximum absolute atomic E-state index is 13.9. The van der Waals surface area contributed by atoms with Crippen LogP contribution in [0.1, 0.15) is 6.42 Å². The maximum Gasteiger partial charge on any atom is 1.00 e. The van der Waals surface area contributed by atoms with E-state index in [0.29, 0.717) is 0 Å².